The van der Waals surface area contributed by atoms with E-state index in [-0.39, 0.29) is 24.1 Å². The predicted molar refractivity (Wildman–Crippen MR) is 107 cm³/mol. The minimum Gasteiger partial charge on any atom is -0.450 e. The largest absolute Gasteiger partial charge is 0.450 e. The topological polar surface area (TPSA) is 72.3 Å². The molecular weight excluding hydrogens is 378 g/mol. The number of hydrogen-bond donors (Lipinski definition) is 2. The number of hydrogen-bond acceptors (Lipinski definition) is 5. The molecule has 0 saturated carbocycles. The van der Waals surface area contributed by atoms with Crippen LogP contribution in [0.25, 0.3) is 0 Å². The molecule has 1 aromatic heterocycles. The molecular formula is C20H32N3O4S+. The monoisotopic (exact) mass is 410 g/mol. The summed E-state index contributed by atoms with van der Waals surface area (Å²) in [5.41, 5.74) is 0. The van der Waals surface area contributed by atoms with Crippen molar-refractivity contribution in [3.63, 3.8) is 0 Å². The Balaban J connectivity index is 1.45. The normalized spacial score (nSPS) is 21.5. The number of amides is 2. The summed E-state index contributed by atoms with van der Waals surface area (Å²) in [5, 5.41) is 5.25. The SMILES string of the molecule is CCOC(=O)N1CCC(NC(=O)C[NH+](Cc2cccs2)C[C@H]2CCCO2)CC1. The molecule has 0 aliphatic carbocycles. The van der Waals surface area contributed by atoms with Gasteiger partial charge in [-0.3, -0.25) is 4.79 Å². The van der Waals surface area contributed by atoms with E-state index in [4.69, 9.17) is 9.47 Å². The molecule has 2 fully saturated rings. The van der Waals surface area contributed by atoms with Crippen LogP contribution in [-0.2, 0) is 20.8 Å². The molecule has 3 heterocycles. The van der Waals surface area contributed by atoms with Crippen LogP contribution in [0.1, 0.15) is 37.5 Å². The Kier molecular flexibility index (Phi) is 8.12. The van der Waals surface area contributed by atoms with Crippen molar-refractivity contribution in [2.75, 3.05) is 39.4 Å². The lowest BCUT2D eigenvalue weighted by Crippen LogP contribution is -3.13. The molecule has 2 N–H and O–H groups in total. The van der Waals surface area contributed by atoms with E-state index in [0.717, 1.165) is 45.4 Å². The molecule has 3 rings (SSSR count). The fourth-order valence-electron chi connectivity index (χ4n) is 3.92. The van der Waals surface area contributed by atoms with Gasteiger partial charge in [-0.2, -0.15) is 0 Å². The van der Waals surface area contributed by atoms with E-state index in [1.807, 2.05) is 6.92 Å². The van der Waals surface area contributed by atoms with E-state index < -0.39 is 0 Å². The smallest absolute Gasteiger partial charge is 0.409 e. The van der Waals surface area contributed by atoms with Gasteiger partial charge in [-0.15, -0.1) is 11.3 Å². The number of nitrogens with zero attached hydrogens (tertiary/aromatic N) is 1. The van der Waals surface area contributed by atoms with Gasteiger partial charge in [0, 0.05) is 25.7 Å². The number of rotatable bonds is 8. The van der Waals surface area contributed by atoms with Gasteiger partial charge in [-0.25, -0.2) is 4.79 Å². The first-order valence-electron chi connectivity index (χ1n) is 10.3. The fraction of sp³-hybridized carbons (Fsp3) is 0.700. The first-order valence-corrected chi connectivity index (χ1v) is 11.2. The molecule has 0 spiro atoms. The maximum absolute atomic E-state index is 12.7. The highest BCUT2D eigenvalue weighted by Crippen LogP contribution is 2.12. The van der Waals surface area contributed by atoms with Crippen molar-refractivity contribution in [3.8, 4) is 0 Å². The van der Waals surface area contributed by atoms with E-state index >= 15 is 0 Å². The molecule has 2 aliphatic rings. The molecule has 1 aromatic rings. The zero-order valence-corrected chi connectivity index (χ0v) is 17.5. The van der Waals surface area contributed by atoms with Gasteiger partial charge in [0.15, 0.2) is 6.54 Å². The first kappa shape index (κ1) is 21.1. The Bertz CT molecular complexity index is 611. The summed E-state index contributed by atoms with van der Waals surface area (Å²) in [7, 11) is 0. The average Bonchev–Trinajstić information content (AvgIpc) is 3.36. The third kappa shape index (κ3) is 6.46. The van der Waals surface area contributed by atoms with Crippen LogP contribution in [0.2, 0.25) is 0 Å². The standard InChI is InChI=1S/C20H31N3O4S/c1-2-26-20(25)23-9-7-16(8-10-23)21-19(24)15-22(13-17-5-3-11-27-17)14-18-6-4-12-28-18/h4,6,12,16-17H,2-3,5,7-11,13-15H2,1H3,(H,21,24)/p+1/t17-/m1/s1. The van der Waals surface area contributed by atoms with E-state index in [1.165, 1.54) is 9.78 Å². The summed E-state index contributed by atoms with van der Waals surface area (Å²) in [6.45, 7) is 6.47. The number of carbonyl (C=O) groups is 2. The summed E-state index contributed by atoms with van der Waals surface area (Å²) < 4.78 is 10.8. The highest BCUT2D eigenvalue weighted by atomic mass is 32.1. The molecule has 28 heavy (non-hydrogen) atoms. The zero-order valence-electron chi connectivity index (χ0n) is 16.7. The van der Waals surface area contributed by atoms with Gasteiger partial charge >= 0.3 is 6.09 Å². The maximum atomic E-state index is 12.7. The minimum atomic E-state index is -0.254. The van der Waals surface area contributed by atoms with Crippen LogP contribution < -0.4 is 10.2 Å². The number of ether oxygens (including phenoxy) is 2. The molecule has 7 nitrogen and oxygen atoms in total. The molecule has 2 atom stereocenters. The summed E-state index contributed by atoms with van der Waals surface area (Å²) in [6, 6.07) is 4.31. The molecule has 2 aliphatic heterocycles. The maximum Gasteiger partial charge on any atom is 0.409 e. The summed E-state index contributed by atoms with van der Waals surface area (Å²) >= 11 is 1.74. The Morgan fingerprint density at radius 3 is 2.82 bits per heavy atom. The molecule has 2 saturated heterocycles. The Labute approximate surface area is 171 Å². The van der Waals surface area contributed by atoms with Gasteiger partial charge in [0.2, 0.25) is 0 Å². The quantitative estimate of drug-likeness (QED) is 0.672. The summed E-state index contributed by atoms with van der Waals surface area (Å²) in [5.74, 6) is 0.0825. The van der Waals surface area contributed by atoms with Crippen LogP contribution in [0.15, 0.2) is 17.5 Å². The number of nitrogens with one attached hydrogen (secondary N) is 2. The van der Waals surface area contributed by atoms with E-state index in [0.29, 0.717) is 26.2 Å². The molecule has 0 bridgehead atoms. The third-order valence-corrected chi connectivity index (χ3v) is 6.22. The lowest BCUT2D eigenvalue weighted by molar-refractivity contribution is -0.908. The lowest BCUT2D eigenvalue weighted by Gasteiger charge is -2.32. The van der Waals surface area contributed by atoms with Crippen molar-refractivity contribution in [1.82, 2.24) is 10.2 Å². The van der Waals surface area contributed by atoms with E-state index in [2.05, 4.69) is 22.8 Å². The predicted octanol–water partition coefficient (Wildman–Crippen LogP) is 1.05. The fourth-order valence-corrected chi connectivity index (χ4v) is 4.70. The Hall–Kier alpha value is -1.64. The molecule has 156 valence electrons. The van der Waals surface area contributed by atoms with Crippen molar-refractivity contribution in [2.24, 2.45) is 0 Å². The Morgan fingerprint density at radius 1 is 1.36 bits per heavy atom. The molecule has 1 unspecified atom stereocenters. The van der Waals surface area contributed by atoms with E-state index in [9.17, 15) is 9.59 Å². The van der Waals surface area contributed by atoms with Crippen LogP contribution in [0.4, 0.5) is 4.79 Å². The Morgan fingerprint density at radius 2 is 2.18 bits per heavy atom. The second-order valence-electron chi connectivity index (χ2n) is 7.55. The van der Waals surface area contributed by atoms with Gasteiger partial charge in [0.25, 0.3) is 5.91 Å². The van der Waals surface area contributed by atoms with Crippen LogP contribution in [0.3, 0.4) is 0 Å². The van der Waals surface area contributed by atoms with Gasteiger partial charge in [0.1, 0.15) is 19.2 Å². The number of likely N-dealkylation sites (tertiary alicyclic amines) is 1. The number of quaternary nitrogens is 1. The van der Waals surface area contributed by atoms with Crippen molar-refractivity contribution in [1.29, 1.82) is 0 Å². The third-order valence-electron chi connectivity index (χ3n) is 5.34. The number of piperidine rings is 1. The molecule has 8 heteroatoms. The highest BCUT2D eigenvalue weighted by Gasteiger charge is 2.27. The highest BCUT2D eigenvalue weighted by molar-refractivity contribution is 7.09. The van der Waals surface area contributed by atoms with Gasteiger partial charge in [-0.1, -0.05) is 6.07 Å². The van der Waals surface area contributed by atoms with Gasteiger partial charge in [0.05, 0.1) is 11.5 Å². The van der Waals surface area contributed by atoms with E-state index in [1.54, 1.807) is 16.2 Å². The second-order valence-corrected chi connectivity index (χ2v) is 8.58. The summed E-state index contributed by atoms with van der Waals surface area (Å²) in [4.78, 5) is 28.7. The summed E-state index contributed by atoms with van der Waals surface area (Å²) in [6.07, 6.45) is 3.75. The average molecular weight is 411 g/mol. The minimum absolute atomic E-state index is 0.0825. The van der Waals surface area contributed by atoms with Crippen LogP contribution in [-0.4, -0.2) is 68.4 Å². The van der Waals surface area contributed by atoms with Crippen LogP contribution in [0, 0.1) is 0 Å². The van der Waals surface area contributed by atoms with Crippen molar-refractivity contribution >= 4 is 23.3 Å². The molecule has 0 aromatic carbocycles. The van der Waals surface area contributed by atoms with Crippen molar-refractivity contribution < 1.29 is 24.0 Å². The van der Waals surface area contributed by atoms with Crippen molar-refractivity contribution in [2.45, 2.75) is 51.3 Å². The van der Waals surface area contributed by atoms with Crippen molar-refractivity contribution in [3.05, 3.63) is 22.4 Å². The number of carbonyl (C=O) groups excluding carboxylic acids is 2. The molecule has 2 amide bonds. The zero-order chi connectivity index (χ0) is 19.8. The lowest BCUT2D eigenvalue weighted by atomic mass is 10.1. The second kappa shape index (κ2) is 10.8. The first-order chi connectivity index (χ1) is 13.6. The number of thiophene rings is 1. The molecule has 0 radical (unpaired) electrons. The van der Waals surface area contributed by atoms with Crippen LogP contribution in [0.5, 0.6) is 0 Å². The van der Waals surface area contributed by atoms with Gasteiger partial charge < -0.3 is 24.6 Å². The van der Waals surface area contributed by atoms with Gasteiger partial charge in [-0.05, 0) is 44.1 Å². The van der Waals surface area contributed by atoms with Crippen LogP contribution >= 0.6 is 11.3 Å².